The molecule has 0 saturated carbocycles. The maximum atomic E-state index is 12.2. The summed E-state index contributed by atoms with van der Waals surface area (Å²) < 4.78 is 6.27. The lowest BCUT2D eigenvalue weighted by atomic mass is 10.2. The number of nitrogens with zero attached hydrogens (tertiary/aromatic N) is 2. The summed E-state index contributed by atoms with van der Waals surface area (Å²) in [5.41, 5.74) is 1.98. The number of hydrogen-bond donors (Lipinski definition) is 1. The Morgan fingerprint density at radius 3 is 2.74 bits per heavy atom. The summed E-state index contributed by atoms with van der Waals surface area (Å²) in [7, 11) is 0. The number of thioether (sulfide) groups is 1. The molecule has 3 rings (SSSR count). The molecule has 1 amide bonds. The zero-order chi connectivity index (χ0) is 16.1. The summed E-state index contributed by atoms with van der Waals surface area (Å²) in [4.78, 5) is 18.7. The lowest BCUT2D eigenvalue weighted by Crippen LogP contribution is -2.36. The van der Waals surface area contributed by atoms with E-state index in [1.165, 1.54) is 11.8 Å². The molecule has 0 aliphatic carbocycles. The van der Waals surface area contributed by atoms with Crippen molar-refractivity contribution < 1.29 is 9.53 Å². The highest BCUT2D eigenvalue weighted by molar-refractivity contribution is 8.02. The minimum absolute atomic E-state index is 0.00989. The van der Waals surface area contributed by atoms with Crippen LogP contribution in [0.3, 0.4) is 0 Å². The van der Waals surface area contributed by atoms with Gasteiger partial charge < -0.3 is 15.0 Å². The largest absolute Gasteiger partial charge is 0.378 e. The minimum Gasteiger partial charge on any atom is -0.378 e. The Morgan fingerprint density at radius 2 is 2.09 bits per heavy atom. The number of amides is 1. The number of ether oxygens (including phenoxy) is 1. The summed E-state index contributed by atoms with van der Waals surface area (Å²) in [6.07, 6.45) is 1.75. The van der Waals surface area contributed by atoms with Gasteiger partial charge in [-0.1, -0.05) is 11.8 Å². The molecule has 1 aromatic carbocycles. The van der Waals surface area contributed by atoms with Crippen LogP contribution in [0.15, 0.2) is 40.2 Å². The van der Waals surface area contributed by atoms with Crippen molar-refractivity contribution in [3.05, 3.63) is 35.8 Å². The quantitative estimate of drug-likeness (QED) is 0.841. The molecule has 1 aromatic heterocycles. The molecular weight excluding hydrogens is 330 g/mol. The van der Waals surface area contributed by atoms with Gasteiger partial charge in [0.1, 0.15) is 0 Å². The predicted octanol–water partition coefficient (Wildman–Crippen LogP) is 3.10. The Bertz CT molecular complexity index is 625. The van der Waals surface area contributed by atoms with E-state index in [1.54, 1.807) is 17.5 Å². The first-order chi connectivity index (χ1) is 11.2. The smallest absolute Gasteiger partial charge is 0.237 e. The molecule has 1 atom stereocenters. The summed E-state index contributed by atoms with van der Waals surface area (Å²) in [6.45, 7) is 5.25. The molecule has 0 radical (unpaired) electrons. The van der Waals surface area contributed by atoms with Gasteiger partial charge in [0.15, 0.2) is 4.34 Å². The first-order valence-electron chi connectivity index (χ1n) is 7.52. The van der Waals surface area contributed by atoms with Gasteiger partial charge in [0.2, 0.25) is 5.91 Å². The number of thiazole rings is 1. The summed E-state index contributed by atoms with van der Waals surface area (Å²) in [5, 5.41) is 4.69. The van der Waals surface area contributed by atoms with Gasteiger partial charge in [-0.15, -0.1) is 11.3 Å². The highest BCUT2D eigenvalue weighted by Crippen LogP contribution is 2.26. The number of carbonyl (C=O) groups excluding carboxylic acids is 1. The Kier molecular flexibility index (Phi) is 5.53. The molecule has 1 saturated heterocycles. The molecule has 0 spiro atoms. The molecule has 0 bridgehead atoms. The van der Waals surface area contributed by atoms with Crippen LogP contribution in [0.5, 0.6) is 0 Å². The van der Waals surface area contributed by atoms with Crippen molar-refractivity contribution in [2.24, 2.45) is 0 Å². The molecule has 1 aliphatic rings. The average Bonchev–Trinajstić information content (AvgIpc) is 3.09. The number of rotatable bonds is 5. The Balaban J connectivity index is 1.55. The van der Waals surface area contributed by atoms with Crippen molar-refractivity contribution in [3.63, 3.8) is 0 Å². The summed E-state index contributed by atoms with van der Waals surface area (Å²) in [5.74, 6) is -0.00989. The minimum atomic E-state index is -0.180. The van der Waals surface area contributed by atoms with Gasteiger partial charge >= 0.3 is 0 Å². The molecule has 122 valence electrons. The number of benzene rings is 1. The van der Waals surface area contributed by atoms with Gasteiger partial charge in [-0.25, -0.2) is 4.98 Å². The fraction of sp³-hybridized carbons (Fsp3) is 0.375. The normalized spacial score (nSPS) is 16.1. The molecule has 1 unspecified atom stereocenters. The highest BCUT2D eigenvalue weighted by atomic mass is 32.2. The fourth-order valence-corrected chi connectivity index (χ4v) is 4.07. The van der Waals surface area contributed by atoms with E-state index >= 15 is 0 Å². The van der Waals surface area contributed by atoms with Crippen LogP contribution in [0.25, 0.3) is 0 Å². The number of morpholine rings is 1. The van der Waals surface area contributed by atoms with Gasteiger partial charge in [0.05, 0.1) is 18.5 Å². The van der Waals surface area contributed by atoms with Crippen molar-refractivity contribution in [1.29, 1.82) is 0 Å². The third-order valence-electron chi connectivity index (χ3n) is 3.57. The first kappa shape index (κ1) is 16.3. The third kappa shape index (κ3) is 4.46. The van der Waals surface area contributed by atoms with Crippen molar-refractivity contribution in [2.45, 2.75) is 16.5 Å². The zero-order valence-electron chi connectivity index (χ0n) is 12.9. The SMILES string of the molecule is CC(Sc1nccs1)C(=O)Nc1ccc(N2CCOCC2)cc1. The third-order valence-corrected chi connectivity index (χ3v) is 5.58. The first-order valence-corrected chi connectivity index (χ1v) is 9.28. The molecule has 7 heteroatoms. The summed E-state index contributed by atoms with van der Waals surface area (Å²) in [6, 6.07) is 7.98. The molecule has 2 heterocycles. The van der Waals surface area contributed by atoms with Crippen molar-refractivity contribution in [2.75, 3.05) is 36.5 Å². The number of carbonyl (C=O) groups is 1. The second kappa shape index (κ2) is 7.81. The van der Waals surface area contributed by atoms with Crippen molar-refractivity contribution in [1.82, 2.24) is 4.98 Å². The van der Waals surface area contributed by atoms with E-state index in [0.717, 1.165) is 42.0 Å². The van der Waals surface area contributed by atoms with Crippen molar-refractivity contribution >= 4 is 40.4 Å². The average molecular weight is 349 g/mol. The predicted molar refractivity (Wildman–Crippen MR) is 95.5 cm³/mol. The molecule has 1 aliphatic heterocycles. The van der Waals surface area contributed by atoms with Crippen molar-refractivity contribution in [3.8, 4) is 0 Å². The van der Waals surface area contributed by atoms with E-state index in [0.29, 0.717) is 0 Å². The standard InChI is InChI=1S/C16H19N3O2S2/c1-12(23-16-17-6-11-22-16)15(20)18-13-2-4-14(5-3-13)19-7-9-21-10-8-19/h2-6,11-12H,7-10H2,1H3,(H,18,20). The van der Waals surface area contributed by atoms with Gasteiger partial charge in [-0.3, -0.25) is 4.79 Å². The summed E-state index contributed by atoms with van der Waals surface area (Å²) >= 11 is 3.03. The Labute approximate surface area is 144 Å². The zero-order valence-corrected chi connectivity index (χ0v) is 14.5. The fourth-order valence-electron chi connectivity index (χ4n) is 2.29. The van der Waals surface area contributed by atoms with Crippen LogP contribution in [-0.4, -0.2) is 42.4 Å². The molecular formula is C16H19N3O2S2. The second-order valence-corrected chi connectivity index (χ2v) is 7.68. The monoisotopic (exact) mass is 349 g/mol. The number of aromatic nitrogens is 1. The van der Waals surface area contributed by atoms with Crippen LogP contribution in [0.1, 0.15) is 6.92 Å². The second-order valence-electron chi connectivity index (χ2n) is 5.19. The van der Waals surface area contributed by atoms with E-state index in [1.807, 2.05) is 36.6 Å². The molecule has 1 fully saturated rings. The van der Waals surface area contributed by atoms with Gasteiger partial charge in [-0.05, 0) is 31.2 Å². The maximum Gasteiger partial charge on any atom is 0.237 e. The molecule has 23 heavy (non-hydrogen) atoms. The van der Waals surface area contributed by atoms with E-state index in [-0.39, 0.29) is 11.2 Å². The van der Waals surface area contributed by atoms with Crippen LogP contribution < -0.4 is 10.2 Å². The van der Waals surface area contributed by atoms with E-state index in [9.17, 15) is 4.79 Å². The van der Waals surface area contributed by atoms with Gasteiger partial charge in [0, 0.05) is 36.0 Å². The number of nitrogens with one attached hydrogen (secondary N) is 1. The van der Waals surface area contributed by atoms with Crippen LogP contribution in [0.4, 0.5) is 11.4 Å². The Hall–Kier alpha value is -1.57. The van der Waals surface area contributed by atoms with Crippen LogP contribution in [-0.2, 0) is 9.53 Å². The lowest BCUT2D eigenvalue weighted by molar-refractivity contribution is -0.115. The van der Waals surface area contributed by atoms with Gasteiger partial charge in [-0.2, -0.15) is 0 Å². The Morgan fingerprint density at radius 1 is 1.35 bits per heavy atom. The topological polar surface area (TPSA) is 54.5 Å². The maximum absolute atomic E-state index is 12.2. The van der Waals surface area contributed by atoms with E-state index in [2.05, 4.69) is 15.2 Å². The lowest BCUT2D eigenvalue weighted by Gasteiger charge is -2.28. The molecule has 2 aromatic rings. The molecule has 1 N–H and O–H groups in total. The van der Waals surface area contributed by atoms with Crippen LogP contribution in [0.2, 0.25) is 0 Å². The number of anilines is 2. The van der Waals surface area contributed by atoms with Crippen LogP contribution in [0, 0.1) is 0 Å². The van der Waals surface area contributed by atoms with Gasteiger partial charge in [0.25, 0.3) is 0 Å². The van der Waals surface area contributed by atoms with E-state index in [4.69, 9.17) is 4.74 Å². The highest BCUT2D eigenvalue weighted by Gasteiger charge is 2.16. The van der Waals surface area contributed by atoms with E-state index < -0.39 is 0 Å². The molecule has 5 nitrogen and oxygen atoms in total. The number of hydrogen-bond acceptors (Lipinski definition) is 6. The van der Waals surface area contributed by atoms with Crippen LogP contribution >= 0.6 is 23.1 Å².